The van der Waals surface area contributed by atoms with Crippen LogP contribution in [0.4, 0.5) is 4.79 Å². The lowest BCUT2D eigenvalue weighted by Gasteiger charge is -2.07. The maximum Gasteiger partial charge on any atom is 0.407 e. The quantitative estimate of drug-likeness (QED) is 0.710. The van der Waals surface area contributed by atoms with E-state index in [2.05, 4.69) is 15.4 Å². The van der Waals surface area contributed by atoms with Crippen molar-refractivity contribution in [2.45, 2.75) is 13.0 Å². The lowest BCUT2D eigenvalue weighted by Crippen LogP contribution is -2.26. The summed E-state index contributed by atoms with van der Waals surface area (Å²) in [6.07, 6.45) is 4.54. The minimum Gasteiger partial charge on any atom is -0.477 e. The van der Waals surface area contributed by atoms with Gasteiger partial charge in [-0.3, -0.25) is 0 Å². The maximum atomic E-state index is 11.7. The normalized spacial score (nSPS) is 10.6. The second-order valence-electron chi connectivity index (χ2n) is 5.33. The van der Waals surface area contributed by atoms with Gasteiger partial charge in [0.15, 0.2) is 5.65 Å². The highest BCUT2D eigenvalue weighted by atomic mass is 16.5. The lowest BCUT2D eigenvalue weighted by molar-refractivity contribution is 0.0698. The van der Waals surface area contributed by atoms with Crippen molar-refractivity contribution in [3.63, 3.8) is 0 Å². The number of carbonyl (C=O) groups is 2. The van der Waals surface area contributed by atoms with Crippen LogP contribution in [0.5, 0.6) is 0 Å². The molecule has 3 rings (SSSR count). The van der Waals surface area contributed by atoms with E-state index in [1.165, 1.54) is 10.7 Å². The second kappa shape index (κ2) is 7.43. The highest BCUT2D eigenvalue weighted by Crippen LogP contribution is 2.09. The Morgan fingerprint density at radius 1 is 1.16 bits per heavy atom. The molecule has 8 nitrogen and oxygen atoms in total. The molecule has 8 heteroatoms. The molecule has 0 atom stereocenters. The third-order valence-corrected chi connectivity index (χ3v) is 3.54. The van der Waals surface area contributed by atoms with E-state index in [1.807, 2.05) is 30.3 Å². The van der Waals surface area contributed by atoms with Gasteiger partial charge in [0, 0.05) is 18.9 Å². The fourth-order valence-corrected chi connectivity index (χ4v) is 2.28. The Kier molecular flexibility index (Phi) is 4.89. The number of aromatic carboxylic acids is 1. The van der Waals surface area contributed by atoms with Gasteiger partial charge in [0.25, 0.3) is 0 Å². The van der Waals surface area contributed by atoms with Gasteiger partial charge in [-0.25, -0.2) is 19.1 Å². The number of amides is 1. The number of hydrogen-bond donors (Lipinski definition) is 2. The maximum absolute atomic E-state index is 11.7. The first-order valence-electron chi connectivity index (χ1n) is 7.63. The molecule has 2 aromatic heterocycles. The van der Waals surface area contributed by atoms with Crippen LogP contribution < -0.4 is 5.32 Å². The summed E-state index contributed by atoms with van der Waals surface area (Å²) in [5.74, 6) is -1.07. The Morgan fingerprint density at radius 2 is 1.96 bits per heavy atom. The summed E-state index contributed by atoms with van der Waals surface area (Å²) in [6.45, 7) is 0.583. The van der Waals surface area contributed by atoms with Crippen LogP contribution in [-0.2, 0) is 17.8 Å². The third kappa shape index (κ3) is 4.11. The molecule has 1 amide bonds. The number of ether oxygens (including phenoxy) is 1. The number of benzene rings is 1. The van der Waals surface area contributed by atoms with Crippen LogP contribution in [0, 0.1) is 0 Å². The van der Waals surface area contributed by atoms with E-state index in [0.29, 0.717) is 13.0 Å². The van der Waals surface area contributed by atoms with Crippen molar-refractivity contribution in [3.8, 4) is 0 Å². The zero-order valence-electron chi connectivity index (χ0n) is 13.3. The molecule has 0 aliphatic rings. The molecule has 0 unspecified atom stereocenters. The van der Waals surface area contributed by atoms with Gasteiger partial charge in [-0.05, 0) is 17.5 Å². The van der Waals surface area contributed by atoms with Crippen LogP contribution in [0.1, 0.15) is 21.5 Å². The first kappa shape index (κ1) is 16.4. The van der Waals surface area contributed by atoms with Crippen molar-refractivity contribution in [1.29, 1.82) is 0 Å². The molecule has 0 aliphatic heterocycles. The molecular formula is C17H16N4O4. The van der Waals surface area contributed by atoms with Gasteiger partial charge in [-0.1, -0.05) is 30.3 Å². The largest absolute Gasteiger partial charge is 0.477 e. The predicted molar refractivity (Wildman–Crippen MR) is 88.3 cm³/mol. The number of carbonyl (C=O) groups excluding carboxylic acids is 1. The number of hydrogen-bond acceptors (Lipinski definition) is 5. The fourth-order valence-electron chi connectivity index (χ4n) is 2.28. The number of alkyl carbamates (subject to hydrolysis) is 1. The molecule has 0 spiro atoms. The van der Waals surface area contributed by atoms with Crippen molar-refractivity contribution in [2.75, 3.05) is 6.54 Å². The van der Waals surface area contributed by atoms with E-state index < -0.39 is 12.1 Å². The zero-order valence-corrected chi connectivity index (χ0v) is 13.3. The number of aromatic nitrogens is 3. The van der Waals surface area contributed by atoms with Crippen molar-refractivity contribution < 1.29 is 19.4 Å². The number of nitrogens with one attached hydrogen (secondary N) is 1. The first-order chi connectivity index (χ1) is 12.1. The van der Waals surface area contributed by atoms with Crippen molar-refractivity contribution >= 4 is 17.7 Å². The highest BCUT2D eigenvalue weighted by molar-refractivity contribution is 5.93. The van der Waals surface area contributed by atoms with E-state index in [-0.39, 0.29) is 17.8 Å². The van der Waals surface area contributed by atoms with Gasteiger partial charge in [0.1, 0.15) is 12.2 Å². The lowest BCUT2D eigenvalue weighted by atomic mass is 10.2. The standard InChI is InChI=1S/C17H16N4O4/c22-16(23)14-9-20-21-10-13(8-19-15(14)21)6-7-18-17(24)25-11-12-4-2-1-3-5-12/h1-5,8-10H,6-7,11H2,(H,18,24)(H,22,23). The van der Waals surface area contributed by atoms with Gasteiger partial charge < -0.3 is 15.2 Å². The molecule has 0 bridgehead atoms. The topological polar surface area (TPSA) is 106 Å². The second-order valence-corrected chi connectivity index (χ2v) is 5.33. The molecule has 1 aromatic carbocycles. The monoisotopic (exact) mass is 340 g/mol. The summed E-state index contributed by atoms with van der Waals surface area (Å²) < 4.78 is 6.53. The van der Waals surface area contributed by atoms with Crippen LogP contribution in [0.3, 0.4) is 0 Å². The summed E-state index contributed by atoms with van der Waals surface area (Å²) in [5.41, 5.74) is 2.07. The summed E-state index contributed by atoms with van der Waals surface area (Å²) >= 11 is 0. The molecule has 0 fully saturated rings. The minimum atomic E-state index is -1.07. The Balaban J connectivity index is 1.49. The van der Waals surface area contributed by atoms with Gasteiger partial charge in [0.2, 0.25) is 0 Å². The molecule has 0 saturated carbocycles. The van der Waals surface area contributed by atoms with E-state index in [9.17, 15) is 9.59 Å². The molecule has 0 aliphatic carbocycles. The summed E-state index contributed by atoms with van der Waals surface area (Å²) in [5, 5.41) is 15.6. The molecule has 3 aromatic rings. The number of carboxylic acid groups (broad SMARTS) is 1. The number of fused-ring (bicyclic) bond motifs is 1. The first-order valence-corrected chi connectivity index (χ1v) is 7.63. The Labute approximate surface area is 143 Å². The molecule has 2 heterocycles. The number of nitrogens with zero attached hydrogens (tertiary/aromatic N) is 3. The number of rotatable bonds is 6. The van der Waals surface area contributed by atoms with Crippen LogP contribution >= 0.6 is 0 Å². The van der Waals surface area contributed by atoms with Gasteiger partial charge >= 0.3 is 12.1 Å². The van der Waals surface area contributed by atoms with E-state index in [1.54, 1.807) is 12.4 Å². The predicted octanol–water partition coefficient (Wildman–Crippen LogP) is 1.90. The van der Waals surface area contributed by atoms with Crippen molar-refractivity contribution in [3.05, 3.63) is 65.6 Å². The summed E-state index contributed by atoms with van der Waals surface area (Å²) in [6, 6.07) is 9.41. The van der Waals surface area contributed by atoms with Crippen molar-refractivity contribution in [1.82, 2.24) is 19.9 Å². The van der Waals surface area contributed by atoms with E-state index in [4.69, 9.17) is 9.84 Å². The molecule has 25 heavy (non-hydrogen) atoms. The Bertz CT molecular complexity index is 892. The Morgan fingerprint density at radius 3 is 2.72 bits per heavy atom. The van der Waals surface area contributed by atoms with Crippen LogP contribution in [-0.4, -0.2) is 38.3 Å². The van der Waals surface area contributed by atoms with Crippen molar-refractivity contribution in [2.24, 2.45) is 0 Å². The molecule has 2 N–H and O–H groups in total. The molecule has 0 radical (unpaired) electrons. The molecule has 128 valence electrons. The third-order valence-electron chi connectivity index (χ3n) is 3.54. The summed E-state index contributed by atoms with van der Waals surface area (Å²) in [7, 11) is 0. The SMILES string of the molecule is O=C(NCCc1cnc2c(C(=O)O)cnn2c1)OCc1ccccc1. The summed E-state index contributed by atoms with van der Waals surface area (Å²) in [4.78, 5) is 26.8. The average molecular weight is 340 g/mol. The molecule has 0 saturated heterocycles. The zero-order chi connectivity index (χ0) is 17.6. The minimum absolute atomic E-state index is 0.0502. The van der Waals surface area contributed by atoms with Crippen LogP contribution in [0.25, 0.3) is 5.65 Å². The smallest absolute Gasteiger partial charge is 0.407 e. The highest BCUT2D eigenvalue weighted by Gasteiger charge is 2.12. The van der Waals surface area contributed by atoms with Crippen LogP contribution in [0.15, 0.2) is 48.9 Å². The van der Waals surface area contributed by atoms with Crippen LogP contribution in [0.2, 0.25) is 0 Å². The average Bonchev–Trinajstić information content (AvgIpc) is 3.04. The fraction of sp³-hybridized carbons (Fsp3) is 0.176. The van der Waals surface area contributed by atoms with E-state index in [0.717, 1.165) is 11.1 Å². The Hall–Kier alpha value is -3.42. The van der Waals surface area contributed by atoms with E-state index >= 15 is 0 Å². The van der Waals surface area contributed by atoms with Gasteiger partial charge in [-0.2, -0.15) is 5.10 Å². The molecular weight excluding hydrogens is 324 g/mol. The number of carboxylic acids is 1. The van der Waals surface area contributed by atoms with Gasteiger partial charge in [-0.15, -0.1) is 0 Å². The van der Waals surface area contributed by atoms with Gasteiger partial charge in [0.05, 0.1) is 6.20 Å².